The Morgan fingerprint density at radius 1 is 0.727 bits per heavy atom. The number of hydrogen-bond acceptors (Lipinski definition) is 0. The molecule has 0 aromatic heterocycles. The summed E-state index contributed by atoms with van der Waals surface area (Å²) in [7, 11) is -2.10. The Hall–Kier alpha value is -0.273. The van der Waals surface area contributed by atoms with Gasteiger partial charge < -0.3 is 0 Å². The van der Waals surface area contributed by atoms with E-state index in [9.17, 15) is 0 Å². The summed E-state index contributed by atoms with van der Waals surface area (Å²) in [6.07, 6.45) is 13.7. The van der Waals surface area contributed by atoms with Crippen LogP contribution in [0.25, 0.3) is 0 Å². The highest BCUT2D eigenvalue weighted by molar-refractivity contribution is 7.30. The van der Waals surface area contributed by atoms with Crippen LogP contribution < -0.4 is 5.19 Å². The Kier molecular flexibility index (Phi) is 4.76. The third-order valence-electron chi connectivity index (χ3n) is 6.75. The summed E-state index contributed by atoms with van der Waals surface area (Å²) in [5.74, 6) is 0. The first-order chi connectivity index (χ1) is 10.5. The maximum Gasteiger partial charge on any atom is 0.198 e. The molecule has 0 N–H and O–H groups in total. The fourth-order valence-corrected chi connectivity index (χ4v) is 12.5. The van der Waals surface area contributed by atoms with Gasteiger partial charge in [-0.2, -0.15) is 11.1 Å². The molecule has 0 unspecified atom stereocenters. The van der Waals surface area contributed by atoms with Crippen molar-refractivity contribution in [1.29, 1.82) is 0 Å². The molecule has 2 aliphatic rings. The molecule has 1 aromatic rings. The number of halogens is 1. The minimum atomic E-state index is -2.10. The third kappa shape index (κ3) is 2.59. The Morgan fingerprint density at radius 2 is 1.14 bits per heavy atom. The second kappa shape index (κ2) is 6.32. The van der Waals surface area contributed by atoms with Gasteiger partial charge in [0.1, 0.15) is 0 Å². The quantitative estimate of drug-likeness (QED) is 0.435. The van der Waals surface area contributed by atoms with E-state index < -0.39 is 7.38 Å². The van der Waals surface area contributed by atoms with Crippen molar-refractivity contribution in [1.82, 2.24) is 0 Å². The van der Waals surface area contributed by atoms with Gasteiger partial charge in [0.15, 0.2) is 7.38 Å². The molecule has 0 aliphatic heterocycles. The first-order valence-electron chi connectivity index (χ1n) is 9.26. The van der Waals surface area contributed by atoms with Gasteiger partial charge in [0.05, 0.1) is 0 Å². The Morgan fingerprint density at radius 3 is 1.55 bits per heavy atom. The van der Waals surface area contributed by atoms with Crippen molar-refractivity contribution >= 4 is 23.6 Å². The number of rotatable bonds is 3. The van der Waals surface area contributed by atoms with Gasteiger partial charge in [0, 0.05) is 0 Å². The van der Waals surface area contributed by atoms with E-state index in [1.54, 1.807) is 0 Å². The summed E-state index contributed by atoms with van der Waals surface area (Å²) in [5.41, 5.74) is 0. The molecule has 0 spiro atoms. The van der Waals surface area contributed by atoms with Crippen LogP contribution in [0.3, 0.4) is 0 Å². The lowest BCUT2D eigenvalue weighted by Crippen LogP contribution is -2.61. The molecule has 0 radical (unpaired) electrons. The molecule has 1 aromatic carbocycles. The molecule has 2 saturated carbocycles. The van der Waals surface area contributed by atoms with E-state index in [0.29, 0.717) is 10.1 Å². The molecular formula is C20H31ClSi. The Bertz CT molecular complexity index is 460. The smallest absolute Gasteiger partial charge is 0.160 e. The van der Waals surface area contributed by atoms with Gasteiger partial charge in [0.25, 0.3) is 0 Å². The molecule has 22 heavy (non-hydrogen) atoms. The summed E-state index contributed by atoms with van der Waals surface area (Å²) >= 11 is 7.84. The van der Waals surface area contributed by atoms with Gasteiger partial charge in [-0.05, 0) is 40.9 Å². The van der Waals surface area contributed by atoms with Crippen molar-refractivity contribution in [2.45, 2.75) is 88.1 Å². The summed E-state index contributed by atoms with van der Waals surface area (Å²) in [6.45, 7) is 5.08. The van der Waals surface area contributed by atoms with Crippen LogP contribution in [0.15, 0.2) is 30.3 Å². The molecule has 0 nitrogen and oxygen atoms in total. The van der Waals surface area contributed by atoms with Gasteiger partial charge in [-0.25, -0.2) is 0 Å². The molecule has 0 heterocycles. The molecule has 2 aliphatic carbocycles. The van der Waals surface area contributed by atoms with Gasteiger partial charge in [0.2, 0.25) is 0 Å². The third-order valence-corrected chi connectivity index (χ3v) is 15.6. The van der Waals surface area contributed by atoms with Crippen molar-refractivity contribution in [3.05, 3.63) is 30.3 Å². The molecule has 0 atom stereocenters. The summed E-state index contributed by atoms with van der Waals surface area (Å²) in [4.78, 5) is 0. The zero-order chi connectivity index (χ0) is 15.7. The van der Waals surface area contributed by atoms with E-state index in [1.807, 2.05) is 0 Å². The second-order valence-electron chi connectivity index (χ2n) is 8.27. The Labute approximate surface area is 142 Å². The van der Waals surface area contributed by atoms with Crippen LogP contribution in [0.1, 0.15) is 78.1 Å². The van der Waals surface area contributed by atoms with Crippen LogP contribution in [0.5, 0.6) is 0 Å². The van der Waals surface area contributed by atoms with Crippen molar-refractivity contribution in [3.63, 3.8) is 0 Å². The van der Waals surface area contributed by atoms with Gasteiger partial charge in [-0.15, -0.1) is 0 Å². The highest BCUT2D eigenvalue weighted by Crippen LogP contribution is 2.64. The SMILES string of the molecule is CC1([Si](Cl)(c2ccccc2)C2(C)CCCCC2)CCCCC1. The first kappa shape index (κ1) is 16.6. The van der Waals surface area contributed by atoms with E-state index in [4.69, 9.17) is 11.1 Å². The van der Waals surface area contributed by atoms with Crippen LogP contribution in [-0.4, -0.2) is 7.38 Å². The van der Waals surface area contributed by atoms with E-state index in [1.165, 1.54) is 69.4 Å². The summed E-state index contributed by atoms with van der Waals surface area (Å²) < 4.78 is 0. The van der Waals surface area contributed by atoms with Crippen molar-refractivity contribution in [3.8, 4) is 0 Å². The normalized spacial score (nSPS) is 24.9. The molecule has 2 fully saturated rings. The molecule has 2 heteroatoms. The predicted molar refractivity (Wildman–Crippen MR) is 101 cm³/mol. The lowest BCUT2D eigenvalue weighted by Gasteiger charge is -2.56. The lowest BCUT2D eigenvalue weighted by atomic mass is 9.88. The maximum atomic E-state index is 7.84. The highest BCUT2D eigenvalue weighted by atomic mass is 35.6. The largest absolute Gasteiger partial charge is 0.198 e. The fraction of sp³-hybridized carbons (Fsp3) is 0.700. The average Bonchev–Trinajstić information content (AvgIpc) is 2.56. The lowest BCUT2D eigenvalue weighted by molar-refractivity contribution is 0.344. The van der Waals surface area contributed by atoms with Gasteiger partial charge in [-0.1, -0.05) is 82.7 Å². The topological polar surface area (TPSA) is 0 Å². The monoisotopic (exact) mass is 334 g/mol. The molecule has 0 saturated heterocycles. The van der Waals surface area contributed by atoms with E-state index in [2.05, 4.69) is 44.2 Å². The molecular weight excluding hydrogens is 304 g/mol. The van der Waals surface area contributed by atoms with E-state index in [-0.39, 0.29) is 0 Å². The van der Waals surface area contributed by atoms with Gasteiger partial charge in [-0.3, -0.25) is 0 Å². The molecule has 3 rings (SSSR count). The minimum Gasteiger partial charge on any atom is -0.160 e. The van der Waals surface area contributed by atoms with E-state index in [0.717, 1.165) is 0 Å². The van der Waals surface area contributed by atoms with Crippen LogP contribution in [0, 0.1) is 0 Å². The average molecular weight is 335 g/mol. The summed E-state index contributed by atoms with van der Waals surface area (Å²) in [6, 6.07) is 11.2. The summed E-state index contributed by atoms with van der Waals surface area (Å²) in [5, 5.41) is 2.23. The van der Waals surface area contributed by atoms with Crippen LogP contribution in [0.2, 0.25) is 10.1 Å². The van der Waals surface area contributed by atoms with Crippen molar-refractivity contribution < 1.29 is 0 Å². The predicted octanol–water partition coefficient (Wildman–Crippen LogP) is 6.53. The minimum absolute atomic E-state index is 0.361. The zero-order valence-electron chi connectivity index (χ0n) is 14.3. The standard InChI is InChI=1S/C20H31ClSi/c1-19(14-8-4-9-15-19)22(21,18-12-6-3-7-13-18)20(2)16-10-5-11-17-20/h3,6-7,12-13H,4-5,8-11,14-17H2,1-2H3. The van der Waals surface area contributed by atoms with Crippen LogP contribution in [-0.2, 0) is 0 Å². The Balaban J connectivity index is 2.09. The van der Waals surface area contributed by atoms with E-state index >= 15 is 0 Å². The highest BCUT2D eigenvalue weighted by Gasteiger charge is 2.60. The maximum absolute atomic E-state index is 7.84. The van der Waals surface area contributed by atoms with Gasteiger partial charge >= 0.3 is 0 Å². The molecule has 0 amide bonds. The number of hydrogen-bond donors (Lipinski definition) is 0. The van der Waals surface area contributed by atoms with Crippen LogP contribution in [0.4, 0.5) is 0 Å². The molecule has 0 bridgehead atoms. The first-order valence-corrected chi connectivity index (χ1v) is 12.3. The fourth-order valence-electron chi connectivity index (χ4n) is 5.45. The molecule has 122 valence electrons. The van der Waals surface area contributed by atoms with Crippen molar-refractivity contribution in [2.24, 2.45) is 0 Å². The van der Waals surface area contributed by atoms with Crippen molar-refractivity contribution in [2.75, 3.05) is 0 Å². The second-order valence-corrected chi connectivity index (χ2v) is 14.3. The zero-order valence-corrected chi connectivity index (χ0v) is 16.1. The van der Waals surface area contributed by atoms with Crippen LogP contribution >= 0.6 is 11.1 Å². The number of benzene rings is 1.